The van der Waals surface area contributed by atoms with E-state index >= 15 is 0 Å². The third kappa shape index (κ3) is 4.06. The molecular formula is C11H11NaO4S. The van der Waals surface area contributed by atoms with Gasteiger partial charge in [0.2, 0.25) is 0 Å². The predicted octanol–water partition coefficient (Wildman–Crippen LogP) is -1.64. The van der Waals surface area contributed by atoms with Gasteiger partial charge in [-0.2, -0.15) is 0 Å². The number of aliphatic hydroxyl groups excluding tert-OH is 1. The van der Waals surface area contributed by atoms with Gasteiger partial charge in [0.05, 0.1) is 4.90 Å². The van der Waals surface area contributed by atoms with Crippen LogP contribution in [0.5, 0.6) is 0 Å². The quantitative estimate of drug-likeness (QED) is 0.494. The van der Waals surface area contributed by atoms with Gasteiger partial charge in [0.1, 0.15) is 10.1 Å². The van der Waals surface area contributed by atoms with Gasteiger partial charge < -0.3 is 9.66 Å². The molecule has 2 aromatic carbocycles. The van der Waals surface area contributed by atoms with Gasteiger partial charge in [-0.05, 0) is 16.8 Å². The summed E-state index contributed by atoms with van der Waals surface area (Å²) in [6, 6.07) is 11.5. The van der Waals surface area contributed by atoms with E-state index in [0.717, 1.165) is 12.5 Å². The largest absolute Gasteiger partial charge is 1.00 e. The van der Waals surface area contributed by atoms with Crippen LogP contribution in [0, 0.1) is 0 Å². The molecule has 0 bridgehead atoms. The van der Waals surface area contributed by atoms with E-state index in [4.69, 9.17) is 5.11 Å². The fourth-order valence-electron chi connectivity index (χ4n) is 1.41. The molecule has 4 nitrogen and oxygen atoms in total. The summed E-state index contributed by atoms with van der Waals surface area (Å²) >= 11 is 0. The van der Waals surface area contributed by atoms with Crippen molar-refractivity contribution in [1.82, 2.24) is 0 Å². The Kier molecular flexibility index (Phi) is 6.92. The Bertz CT molecular complexity index is 576. The van der Waals surface area contributed by atoms with E-state index < -0.39 is 10.1 Å². The van der Waals surface area contributed by atoms with Crippen molar-refractivity contribution in [2.24, 2.45) is 0 Å². The zero-order valence-corrected chi connectivity index (χ0v) is 12.4. The Hall–Kier alpha value is -0.430. The van der Waals surface area contributed by atoms with Gasteiger partial charge in [-0.3, -0.25) is 0 Å². The average molecular weight is 262 g/mol. The second-order valence-corrected chi connectivity index (χ2v) is 4.28. The molecule has 86 valence electrons. The van der Waals surface area contributed by atoms with Crippen LogP contribution in [0.4, 0.5) is 0 Å². The van der Waals surface area contributed by atoms with Crippen LogP contribution in [0.2, 0.25) is 0 Å². The molecule has 0 amide bonds. The van der Waals surface area contributed by atoms with Crippen LogP contribution in [0.1, 0.15) is 0 Å². The number of rotatable bonds is 1. The van der Waals surface area contributed by atoms with E-state index in [0.29, 0.717) is 5.39 Å². The first-order valence-electron chi connectivity index (χ1n) is 4.47. The van der Waals surface area contributed by atoms with E-state index in [2.05, 4.69) is 0 Å². The van der Waals surface area contributed by atoms with E-state index in [-0.39, 0.29) is 34.5 Å². The summed E-state index contributed by atoms with van der Waals surface area (Å²) in [5, 5.41) is 8.23. The molecule has 0 aromatic heterocycles. The molecule has 0 aliphatic heterocycles. The second-order valence-electron chi connectivity index (χ2n) is 2.93. The van der Waals surface area contributed by atoms with Crippen molar-refractivity contribution in [3.63, 3.8) is 0 Å². The predicted molar refractivity (Wildman–Crippen MR) is 60.1 cm³/mol. The van der Waals surface area contributed by atoms with Gasteiger partial charge in [0.25, 0.3) is 0 Å². The second kappa shape index (κ2) is 7.10. The fourth-order valence-corrected chi connectivity index (χ4v) is 2.11. The van der Waals surface area contributed by atoms with Crippen molar-refractivity contribution >= 4 is 20.9 Å². The third-order valence-corrected chi connectivity index (χ3v) is 2.91. The van der Waals surface area contributed by atoms with Gasteiger partial charge in [-0.1, -0.05) is 36.4 Å². The summed E-state index contributed by atoms with van der Waals surface area (Å²) < 4.78 is 32.7. The van der Waals surface area contributed by atoms with E-state index in [1.807, 2.05) is 0 Å². The molecule has 0 unspecified atom stereocenters. The summed E-state index contributed by atoms with van der Waals surface area (Å²) in [5.74, 6) is 0. The average Bonchev–Trinajstić information content (AvgIpc) is 2.30. The molecule has 1 N–H and O–H groups in total. The van der Waals surface area contributed by atoms with Crippen LogP contribution >= 0.6 is 0 Å². The summed E-state index contributed by atoms with van der Waals surface area (Å²) in [6.45, 7) is 0. The molecule has 0 fully saturated rings. The SMILES string of the molecule is CO.O=S(=O)([O-])c1cccc2ccccc12.[Na+]. The van der Waals surface area contributed by atoms with E-state index in [9.17, 15) is 13.0 Å². The van der Waals surface area contributed by atoms with Crippen LogP contribution in [-0.2, 0) is 10.1 Å². The molecule has 0 atom stereocenters. The first-order valence-corrected chi connectivity index (χ1v) is 5.88. The first kappa shape index (κ1) is 16.6. The summed E-state index contributed by atoms with van der Waals surface area (Å²) in [4.78, 5) is -0.157. The first-order chi connectivity index (χ1) is 7.59. The molecule has 0 saturated carbocycles. The number of hydrogen-bond donors (Lipinski definition) is 1. The molecule has 0 aliphatic carbocycles. The van der Waals surface area contributed by atoms with Gasteiger partial charge >= 0.3 is 29.6 Å². The Morgan fingerprint density at radius 2 is 1.53 bits per heavy atom. The van der Waals surface area contributed by atoms with E-state index in [1.165, 1.54) is 6.07 Å². The van der Waals surface area contributed by atoms with Crippen molar-refractivity contribution < 1.29 is 47.6 Å². The Morgan fingerprint density at radius 3 is 2.12 bits per heavy atom. The molecule has 0 saturated heterocycles. The van der Waals surface area contributed by atoms with Gasteiger partial charge in [0.15, 0.2) is 0 Å². The maximum atomic E-state index is 10.9. The minimum atomic E-state index is -4.38. The fraction of sp³-hybridized carbons (Fsp3) is 0.0909. The third-order valence-electron chi connectivity index (χ3n) is 2.02. The topological polar surface area (TPSA) is 77.4 Å². The minimum absolute atomic E-state index is 0. The Morgan fingerprint density at radius 1 is 1.00 bits per heavy atom. The van der Waals surface area contributed by atoms with Crippen LogP contribution in [0.15, 0.2) is 47.4 Å². The molecule has 0 heterocycles. The maximum absolute atomic E-state index is 10.9. The minimum Gasteiger partial charge on any atom is -0.744 e. The molecule has 2 aromatic rings. The number of aliphatic hydroxyl groups is 1. The summed E-state index contributed by atoms with van der Waals surface area (Å²) in [7, 11) is -3.38. The summed E-state index contributed by atoms with van der Waals surface area (Å²) in [5.41, 5.74) is 0. The molecule has 0 aliphatic rings. The van der Waals surface area contributed by atoms with Crippen LogP contribution in [0.3, 0.4) is 0 Å². The molecule has 0 radical (unpaired) electrons. The normalized spacial score (nSPS) is 10.1. The summed E-state index contributed by atoms with van der Waals surface area (Å²) in [6.07, 6.45) is 0. The van der Waals surface area contributed by atoms with Gasteiger partial charge in [0, 0.05) is 7.11 Å². The van der Waals surface area contributed by atoms with Gasteiger partial charge in [-0.25, -0.2) is 8.42 Å². The zero-order valence-electron chi connectivity index (χ0n) is 9.62. The maximum Gasteiger partial charge on any atom is 1.00 e. The Labute approximate surface area is 122 Å². The Balaban J connectivity index is 0.000000811. The van der Waals surface area contributed by atoms with Crippen LogP contribution < -0.4 is 29.6 Å². The smallest absolute Gasteiger partial charge is 0.744 e. The standard InChI is InChI=1S/C10H8O3S.CH4O.Na/c11-14(12,13)10-7-3-5-8-4-1-2-6-9(8)10;1-2;/h1-7H,(H,11,12,13);2H,1H3;/q;;+1/p-1. The number of hydrogen-bond acceptors (Lipinski definition) is 4. The van der Waals surface area contributed by atoms with Crippen molar-refractivity contribution in [3.8, 4) is 0 Å². The van der Waals surface area contributed by atoms with Crippen molar-refractivity contribution in [1.29, 1.82) is 0 Å². The zero-order chi connectivity index (χ0) is 12.2. The van der Waals surface area contributed by atoms with Gasteiger partial charge in [-0.15, -0.1) is 0 Å². The molecule has 2 rings (SSSR count). The molecule has 0 spiro atoms. The molecule has 17 heavy (non-hydrogen) atoms. The number of fused-ring (bicyclic) bond motifs is 1. The van der Waals surface area contributed by atoms with Crippen molar-refractivity contribution in [3.05, 3.63) is 42.5 Å². The van der Waals surface area contributed by atoms with E-state index in [1.54, 1.807) is 36.4 Å². The van der Waals surface area contributed by atoms with Crippen LogP contribution in [-0.4, -0.2) is 25.2 Å². The van der Waals surface area contributed by atoms with Crippen molar-refractivity contribution in [2.75, 3.05) is 7.11 Å². The molecule has 6 heteroatoms. The van der Waals surface area contributed by atoms with Crippen molar-refractivity contribution in [2.45, 2.75) is 4.90 Å². The molecular weight excluding hydrogens is 251 g/mol. The number of benzene rings is 2. The monoisotopic (exact) mass is 262 g/mol. The van der Waals surface area contributed by atoms with Crippen LogP contribution in [0.25, 0.3) is 10.8 Å².